The number of hydrogen-bond donors (Lipinski definition) is 0. The van der Waals surface area contributed by atoms with Crippen molar-refractivity contribution >= 4 is 15.9 Å². The highest BCUT2D eigenvalue weighted by atomic mass is 32.2. The van der Waals surface area contributed by atoms with Crippen LogP contribution in [0, 0.1) is 12.8 Å². The van der Waals surface area contributed by atoms with Gasteiger partial charge in [-0.05, 0) is 25.7 Å². The molecular weight excluding hydrogens is 304 g/mol. The topological polar surface area (TPSA) is 70.8 Å². The van der Waals surface area contributed by atoms with Gasteiger partial charge in [0.1, 0.15) is 5.76 Å². The van der Waals surface area contributed by atoms with E-state index >= 15 is 0 Å². The Hall–Kier alpha value is -1.34. The number of likely N-dealkylation sites (tertiary alicyclic amines) is 1. The van der Waals surface area contributed by atoms with Crippen LogP contribution in [-0.2, 0) is 10.0 Å². The number of carbonyl (C=O) groups excluding carboxylic acids is 1. The second-order valence-corrected chi connectivity index (χ2v) is 8.07. The molecule has 124 valence electrons. The molecule has 2 heterocycles. The molecule has 1 aromatic rings. The predicted molar refractivity (Wildman–Crippen MR) is 83.2 cm³/mol. The summed E-state index contributed by atoms with van der Waals surface area (Å²) in [7, 11) is -0.791. The van der Waals surface area contributed by atoms with Gasteiger partial charge in [0.05, 0.1) is 5.56 Å². The molecule has 1 saturated heterocycles. The number of carbonyl (C=O) groups is 1. The molecule has 0 bridgehead atoms. The molecule has 7 heteroatoms. The van der Waals surface area contributed by atoms with Crippen LogP contribution in [0.2, 0.25) is 0 Å². The average Bonchev–Trinajstić information content (AvgIpc) is 2.89. The van der Waals surface area contributed by atoms with E-state index in [1.54, 1.807) is 6.92 Å². The number of rotatable bonds is 4. The quantitative estimate of drug-likeness (QED) is 0.848. The Balaban J connectivity index is 2.26. The summed E-state index contributed by atoms with van der Waals surface area (Å²) >= 11 is 0. The first kappa shape index (κ1) is 17.0. The summed E-state index contributed by atoms with van der Waals surface area (Å²) in [5.74, 6) is 0.735. The molecule has 1 aliphatic heterocycles. The summed E-state index contributed by atoms with van der Waals surface area (Å²) in [4.78, 5) is 14.5. The van der Waals surface area contributed by atoms with Crippen molar-refractivity contribution in [3.63, 3.8) is 0 Å². The minimum atomic E-state index is -3.66. The number of piperidine rings is 1. The minimum absolute atomic E-state index is 0.139. The molecule has 1 unspecified atom stereocenters. The first-order valence-corrected chi connectivity index (χ1v) is 9.03. The third-order valence-corrected chi connectivity index (χ3v) is 5.92. The van der Waals surface area contributed by atoms with Gasteiger partial charge in [0, 0.05) is 33.3 Å². The average molecular weight is 328 g/mol. The second-order valence-electron chi connectivity index (χ2n) is 5.99. The van der Waals surface area contributed by atoms with Gasteiger partial charge in [-0.1, -0.05) is 13.3 Å². The van der Waals surface area contributed by atoms with Gasteiger partial charge >= 0.3 is 0 Å². The SMILES string of the molecule is CCC1CCCN(C(=O)c2cc(S(=O)(=O)N(C)C)oc2C)C1. The van der Waals surface area contributed by atoms with Crippen LogP contribution >= 0.6 is 0 Å². The molecule has 0 saturated carbocycles. The van der Waals surface area contributed by atoms with E-state index in [1.807, 2.05) is 4.90 Å². The molecule has 1 aromatic heterocycles. The Morgan fingerprint density at radius 3 is 2.73 bits per heavy atom. The fraction of sp³-hybridized carbons (Fsp3) is 0.667. The maximum absolute atomic E-state index is 12.6. The zero-order valence-electron chi connectivity index (χ0n) is 13.6. The lowest BCUT2D eigenvalue weighted by Crippen LogP contribution is -2.39. The number of amides is 1. The molecule has 22 heavy (non-hydrogen) atoms. The summed E-state index contributed by atoms with van der Waals surface area (Å²) in [6, 6.07) is 1.35. The Kier molecular flexibility index (Phi) is 4.97. The highest BCUT2D eigenvalue weighted by molar-refractivity contribution is 7.88. The van der Waals surface area contributed by atoms with Crippen molar-refractivity contribution in [3.05, 3.63) is 17.4 Å². The summed E-state index contributed by atoms with van der Waals surface area (Å²) in [6.45, 7) is 5.21. The van der Waals surface area contributed by atoms with Crippen molar-refractivity contribution in [1.82, 2.24) is 9.21 Å². The van der Waals surface area contributed by atoms with E-state index in [1.165, 1.54) is 20.2 Å². The molecule has 0 spiro atoms. The van der Waals surface area contributed by atoms with E-state index < -0.39 is 10.0 Å². The van der Waals surface area contributed by atoms with E-state index in [0.717, 1.165) is 36.7 Å². The lowest BCUT2D eigenvalue weighted by molar-refractivity contribution is 0.0669. The number of sulfonamides is 1. The number of nitrogens with zero attached hydrogens (tertiary/aromatic N) is 2. The minimum Gasteiger partial charge on any atom is -0.448 e. The molecule has 6 nitrogen and oxygen atoms in total. The van der Waals surface area contributed by atoms with Gasteiger partial charge in [0.15, 0.2) is 0 Å². The lowest BCUT2D eigenvalue weighted by Gasteiger charge is -2.32. The van der Waals surface area contributed by atoms with Crippen LogP contribution in [0.25, 0.3) is 0 Å². The summed E-state index contributed by atoms with van der Waals surface area (Å²) in [6.07, 6.45) is 3.18. The predicted octanol–water partition coefficient (Wildman–Crippen LogP) is 2.10. The van der Waals surface area contributed by atoms with Crippen LogP contribution in [0.1, 0.15) is 42.3 Å². The van der Waals surface area contributed by atoms with Crippen molar-refractivity contribution in [3.8, 4) is 0 Å². The monoisotopic (exact) mass is 328 g/mol. The highest BCUT2D eigenvalue weighted by Gasteiger charge is 2.29. The molecule has 1 fully saturated rings. The van der Waals surface area contributed by atoms with E-state index in [4.69, 9.17) is 4.42 Å². The molecule has 1 amide bonds. The summed E-state index contributed by atoms with van der Waals surface area (Å²) < 4.78 is 30.6. The van der Waals surface area contributed by atoms with Crippen LogP contribution in [0.3, 0.4) is 0 Å². The molecule has 1 aliphatic rings. The molecule has 0 aliphatic carbocycles. The number of hydrogen-bond acceptors (Lipinski definition) is 4. The Morgan fingerprint density at radius 1 is 1.45 bits per heavy atom. The smallest absolute Gasteiger partial charge is 0.275 e. The van der Waals surface area contributed by atoms with Gasteiger partial charge in [0.2, 0.25) is 5.09 Å². The third kappa shape index (κ3) is 3.20. The molecule has 0 N–H and O–H groups in total. The largest absolute Gasteiger partial charge is 0.448 e. The van der Waals surface area contributed by atoms with Gasteiger partial charge in [-0.3, -0.25) is 4.79 Å². The van der Waals surface area contributed by atoms with Gasteiger partial charge in [-0.2, -0.15) is 0 Å². The maximum Gasteiger partial charge on any atom is 0.275 e. The van der Waals surface area contributed by atoms with Crippen molar-refractivity contribution < 1.29 is 17.6 Å². The van der Waals surface area contributed by atoms with Crippen LogP contribution in [0.5, 0.6) is 0 Å². The fourth-order valence-electron chi connectivity index (χ4n) is 2.73. The highest BCUT2D eigenvalue weighted by Crippen LogP contribution is 2.25. The second kappa shape index (κ2) is 6.42. The zero-order chi connectivity index (χ0) is 16.5. The van der Waals surface area contributed by atoms with Crippen LogP contribution in [-0.4, -0.2) is 50.7 Å². The zero-order valence-corrected chi connectivity index (χ0v) is 14.4. The van der Waals surface area contributed by atoms with Crippen molar-refractivity contribution in [2.24, 2.45) is 5.92 Å². The summed E-state index contributed by atoms with van der Waals surface area (Å²) in [5, 5.41) is -0.178. The van der Waals surface area contributed by atoms with Crippen molar-refractivity contribution in [1.29, 1.82) is 0 Å². The van der Waals surface area contributed by atoms with E-state index in [2.05, 4.69) is 6.92 Å². The van der Waals surface area contributed by atoms with Gasteiger partial charge < -0.3 is 9.32 Å². The molecule has 0 radical (unpaired) electrons. The lowest BCUT2D eigenvalue weighted by atomic mass is 9.95. The standard InChI is InChI=1S/C15H24N2O4S/c1-5-12-7-6-8-17(10-12)15(18)13-9-14(21-11(13)2)22(19,20)16(3)4/h9,12H,5-8,10H2,1-4H3. The van der Waals surface area contributed by atoms with E-state index in [0.29, 0.717) is 17.2 Å². The van der Waals surface area contributed by atoms with E-state index in [-0.39, 0.29) is 11.0 Å². The number of aryl methyl sites for hydroxylation is 1. The molecular formula is C15H24N2O4S. The Morgan fingerprint density at radius 2 is 2.14 bits per heavy atom. The van der Waals surface area contributed by atoms with Crippen molar-refractivity contribution in [2.75, 3.05) is 27.2 Å². The van der Waals surface area contributed by atoms with Gasteiger partial charge in [0.25, 0.3) is 15.9 Å². The van der Waals surface area contributed by atoms with Crippen LogP contribution in [0.4, 0.5) is 0 Å². The third-order valence-electron chi connectivity index (χ3n) is 4.24. The maximum atomic E-state index is 12.6. The Labute approximate surface area is 132 Å². The Bertz CT molecular complexity index is 648. The fourth-order valence-corrected chi connectivity index (χ4v) is 3.58. The normalized spacial score (nSPS) is 19.7. The first-order chi connectivity index (χ1) is 10.3. The van der Waals surface area contributed by atoms with Gasteiger partial charge in [-0.15, -0.1) is 0 Å². The van der Waals surface area contributed by atoms with Crippen molar-refractivity contribution in [2.45, 2.75) is 38.2 Å². The van der Waals surface area contributed by atoms with Crippen LogP contribution < -0.4 is 0 Å². The summed E-state index contributed by atoms with van der Waals surface area (Å²) in [5.41, 5.74) is 0.345. The number of furan rings is 1. The molecule has 0 aromatic carbocycles. The first-order valence-electron chi connectivity index (χ1n) is 7.59. The van der Waals surface area contributed by atoms with E-state index in [9.17, 15) is 13.2 Å². The molecule has 1 atom stereocenters. The van der Waals surface area contributed by atoms with Gasteiger partial charge in [-0.25, -0.2) is 12.7 Å². The van der Waals surface area contributed by atoms with Crippen LogP contribution in [0.15, 0.2) is 15.6 Å². The molecule has 2 rings (SSSR count).